The molecule has 2 unspecified atom stereocenters. The maximum atomic E-state index is 3.77. The Labute approximate surface area is 62.9 Å². The first-order valence-corrected chi connectivity index (χ1v) is 3.85. The van der Waals surface area contributed by atoms with Gasteiger partial charge in [-0.25, -0.2) is 0 Å². The lowest BCUT2D eigenvalue weighted by molar-refractivity contribution is 0.209. The summed E-state index contributed by atoms with van der Waals surface area (Å²) in [5.74, 6) is 0. The van der Waals surface area contributed by atoms with Gasteiger partial charge in [0.1, 0.15) is 0 Å². The van der Waals surface area contributed by atoms with Crippen LogP contribution in [0.25, 0.3) is 0 Å². The van der Waals surface area contributed by atoms with Crippen molar-refractivity contribution in [2.75, 3.05) is 13.1 Å². The molecular weight excluding hydrogens is 124 g/mol. The molecule has 1 N–H and O–H groups in total. The van der Waals surface area contributed by atoms with Gasteiger partial charge >= 0.3 is 0 Å². The van der Waals surface area contributed by atoms with Crippen LogP contribution >= 0.6 is 0 Å². The van der Waals surface area contributed by atoms with Gasteiger partial charge < -0.3 is 10.2 Å². The summed E-state index contributed by atoms with van der Waals surface area (Å²) in [5, 5.41) is 3.41. The molecule has 0 spiro atoms. The van der Waals surface area contributed by atoms with E-state index in [-0.39, 0.29) is 0 Å². The van der Waals surface area contributed by atoms with E-state index in [9.17, 15) is 0 Å². The van der Waals surface area contributed by atoms with Crippen LogP contribution in [0.1, 0.15) is 13.8 Å². The maximum absolute atomic E-state index is 3.77. The fraction of sp³-hybridized carbons (Fsp3) is 0.750. The molecule has 1 saturated heterocycles. The van der Waals surface area contributed by atoms with Crippen LogP contribution < -0.4 is 5.32 Å². The van der Waals surface area contributed by atoms with Crippen molar-refractivity contribution in [1.29, 1.82) is 0 Å². The van der Waals surface area contributed by atoms with Crippen molar-refractivity contribution in [3.05, 3.63) is 12.8 Å². The van der Waals surface area contributed by atoms with Crippen molar-refractivity contribution >= 4 is 0 Å². The van der Waals surface area contributed by atoms with Gasteiger partial charge in [-0.2, -0.15) is 0 Å². The lowest BCUT2D eigenvalue weighted by Crippen LogP contribution is -2.51. The van der Waals surface area contributed by atoms with Crippen molar-refractivity contribution in [2.45, 2.75) is 25.9 Å². The van der Waals surface area contributed by atoms with E-state index in [0.29, 0.717) is 12.1 Å². The van der Waals surface area contributed by atoms with Gasteiger partial charge in [0, 0.05) is 25.2 Å². The molecule has 2 heteroatoms. The molecule has 2 nitrogen and oxygen atoms in total. The summed E-state index contributed by atoms with van der Waals surface area (Å²) >= 11 is 0. The molecule has 0 aromatic carbocycles. The summed E-state index contributed by atoms with van der Waals surface area (Å²) < 4.78 is 0. The lowest BCUT2D eigenvalue weighted by Gasteiger charge is -2.36. The number of nitrogens with one attached hydrogen (secondary N) is 1. The van der Waals surface area contributed by atoms with E-state index < -0.39 is 0 Å². The molecular formula is C8H16N2. The average molecular weight is 140 g/mol. The molecule has 0 aromatic heterocycles. The van der Waals surface area contributed by atoms with Crippen LogP contribution in [-0.4, -0.2) is 30.1 Å². The van der Waals surface area contributed by atoms with Gasteiger partial charge in [-0.15, -0.1) is 0 Å². The Kier molecular flexibility index (Phi) is 2.33. The minimum atomic E-state index is 0.605. The van der Waals surface area contributed by atoms with E-state index in [1.807, 2.05) is 6.20 Å². The topological polar surface area (TPSA) is 15.3 Å². The Morgan fingerprint density at radius 3 is 2.80 bits per heavy atom. The molecule has 0 aliphatic carbocycles. The van der Waals surface area contributed by atoms with E-state index in [0.717, 1.165) is 13.1 Å². The van der Waals surface area contributed by atoms with Gasteiger partial charge in [-0.05, 0) is 20.0 Å². The number of hydrogen-bond acceptors (Lipinski definition) is 2. The van der Waals surface area contributed by atoms with Crippen LogP contribution in [0.2, 0.25) is 0 Å². The fourth-order valence-corrected chi connectivity index (χ4v) is 1.30. The van der Waals surface area contributed by atoms with Crippen LogP contribution in [0, 0.1) is 0 Å². The summed E-state index contributed by atoms with van der Waals surface area (Å²) in [6.07, 6.45) is 1.93. The minimum absolute atomic E-state index is 0.605. The standard InChI is InChI=1S/C8H16N2/c1-4-10-6-7(2)9-5-8(10)3/h4,7-9H,1,5-6H2,2-3H3. The third-order valence-electron chi connectivity index (χ3n) is 2.05. The number of hydrogen-bond donors (Lipinski definition) is 1. The molecule has 0 amide bonds. The highest BCUT2D eigenvalue weighted by molar-refractivity contribution is 4.86. The molecule has 0 saturated carbocycles. The van der Waals surface area contributed by atoms with Crippen LogP contribution in [0.5, 0.6) is 0 Å². The summed E-state index contributed by atoms with van der Waals surface area (Å²) in [4.78, 5) is 2.28. The second-order valence-electron chi connectivity index (χ2n) is 3.04. The molecule has 1 fully saturated rings. The molecule has 0 bridgehead atoms. The number of piperazine rings is 1. The molecule has 0 radical (unpaired) electrons. The zero-order chi connectivity index (χ0) is 7.56. The van der Waals surface area contributed by atoms with Gasteiger partial charge in [0.15, 0.2) is 0 Å². The highest BCUT2D eigenvalue weighted by Gasteiger charge is 2.18. The zero-order valence-corrected chi connectivity index (χ0v) is 6.80. The van der Waals surface area contributed by atoms with E-state index >= 15 is 0 Å². The Balaban J connectivity index is 2.45. The molecule has 1 aliphatic heterocycles. The second-order valence-corrected chi connectivity index (χ2v) is 3.04. The Morgan fingerprint density at radius 1 is 1.60 bits per heavy atom. The van der Waals surface area contributed by atoms with Gasteiger partial charge in [-0.3, -0.25) is 0 Å². The van der Waals surface area contributed by atoms with Gasteiger partial charge in [-0.1, -0.05) is 6.58 Å². The van der Waals surface area contributed by atoms with Gasteiger partial charge in [0.25, 0.3) is 0 Å². The number of nitrogens with zero attached hydrogens (tertiary/aromatic N) is 1. The summed E-state index contributed by atoms with van der Waals surface area (Å²) in [6, 6.07) is 1.21. The maximum Gasteiger partial charge on any atom is 0.0381 e. The molecule has 58 valence electrons. The van der Waals surface area contributed by atoms with Crippen LogP contribution in [0.15, 0.2) is 12.8 Å². The molecule has 1 heterocycles. The Hall–Kier alpha value is -0.500. The molecule has 10 heavy (non-hydrogen) atoms. The second kappa shape index (κ2) is 3.06. The summed E-state index contributed by atoms with van der Waals surface area (Å²) in [6.45, 7) is 10.3. The molecule has 2 atom stereocenters. The average Bonchev–Trinajstić information content (AvgIpc) is 1.94. The van der Waals surface area contributed by atoms with E-state index in [2.05, 4.69) is 30.6 Å². The fourth-order valence-electron chi connectivity index (χ4n) is 1.30. The smallest absolute Gasteiger partial charge is 0.0381 e. The molecule has 1 rings (SSSR count). The monoisotopic (exact) mass is 140 g/mol. The molecule has 1 aliphatic rings. The Bertz CT molecular complexity index is 122. The van der Waals surface area contributed by atoms with E-state index in [1.165, 1.54) is 0 Å². The summed E-state index contributed by atoms with van der Waals surface area (Å²) in [5.41, 5.74) is 0. The van der Waals surface area contributed by atoms with Crippen LogP contribution in [0.4, 0.5) is 0 Å². The minimum Gasteiger partial charge on any atom is -0.372 e. The first kappa shape index (κ1) is 7.61. The zero-order valence-electron chi connectivity index (χ0n) is 6.80. The first-order valence-electron chi connectivity index (χ1n) is 3.85. The highest BCUT2D eigenvalue weighted by Crippen LogP contribution is 2.05. The van der Waals surface area contributed by atoms with Crippen LogP contribution in [-0.2, 0) is 0 Å². The highest BCUT2D eigenvalue weighted by atomic mass is 15.2. The third kappa shape index (κ3) is 1.51. The van der Waals surface area contributed by atoms with Crippen molar-refractivity contribution in [3.63, 3.8) is 0 Å². The van der Waals surface area contributed by atoms with Crippen LogP contribution in [0.3, 0.4) is 0 Å². The quantitative estimate of drug-likeness (QED) is 0.580. The predicted molar refractivity (Wildman–Crippen MR) is 43.8 cm³/mol. The first-order chi connectivity index (χ1) is 4.74. The van der Waals surface area contributed by atoms with Crippen molar-refractivity contribution in [1.82, 2.24) is 10.2 Å². The third-order valence-corrected chi connectivity index (χ3v) is 2.05. The normalized spacial score (nSPS) is 34.0. The Morgan fingerprint density at radius 2 is 2.30 bits per heavy atom. The lowest BCUT2D eigenvalue weighted by atomic mass is 10.1. The molecule has 0 aromatic rings. The van der Waals surface area contributed by atoms with E-state index in [1.54, 1.807) is 0 Å². The number of rotatable bonds is 1. The SMILES string of the molecule is C=CN1CC(C)NCC1C. The largest absolute Gasteiger partial charge is 0.372 e. The van der Waals surface area contributed by atoms with Gasteiger partial charge in [0.05, 0.1) is 0 Å². The van der Waals surface area contributed by atoms with E-state index in [4.69, 9.17) is 0 Å². The predicted octanol–water partition coefficient (Wildman–Crippen LogP) is 0.812. The van der Waals surface area contributed by atoms with Crippen molar-refractivity contribution in [2.24, 2.45) is 0 Å². The summed E-state index contributed by atoms with van der Waals surface area (Å²) in [7, 11) is 0. The van der Waals surface area contributed by atoms with Gasteiger partial charge in [0.2, 0.25) is 0 Å². The van der Waals surface area contributed by atoms with Crippen molar-refractivity contribution in [3.8, 4) is 0 Å². The van der Waals surface area contributed by atoms with Crippen molar-refractivity contribution < 1.29 is 0 Å².